The molecule has 1 N–H and O–H groups in total. The molecular formula is C11H15N3O3. The van der Waals surface area contributed by atoms with Gasteiger partial charge in [-0.25, -0.2) is 4.98 Å². The maximum atomic E-state index is 11.7. The van der Waals surface area contributed by atoms with Gasteiger partial charge >= 0.3 is 5.97 Å². The molecule has 1 atom stereocenters. The average molecular weight is 237 g/mol. The number of hydrogen-bond acceptors (Lipinski definition) is 4. The lowest BCUT2D eigenvalue weighted by Gasteiger charge is -2.15. The fourth-order valence-corrected chi connectivity index (χ4v) is 1.99. The van der Waals surface area contributed by atoms with Gasteiger partial charge in [-0.15, -0.1) is 0 Å². The van der Waals surface area contributed by atoms with E-state index in [1.165, 1.54) is 7.11 Å². The minimum atomic E-state index is -0.316. The first-order valence-corrected chi connectivity index (χ1v) is 5.54. The average Bonchev–Trinajstić information content (AvgIpc) is 2.95. The highest BCUT2D eigenvalue weighted by Crippen LogP contribution is 2.18. The number of aromatic amines is 1. The van der Waals surface area contributed by atoms with Gasteiger partial charge in [0.25, 0.3) is 0 Å². The summed E-state index contributed by atoms with van der Waals surface area (Å²) < 4.78 is 4.64. The van der Waals surface area contributed by atoms with Gasteiger partial charge in [-0.1, -0.05) is 0 Å². The van der Waals surface area contributed by atoms with E-state index in [0.29, 0.717) is 19.5 Å². The zero-order chi connectivity index (χ0) is 12.3. The van der Waals surface area contributed by atoms with E-state index in [-0.39, 0.29) is 24.2 Å². The molecular weight excluding hydrogens is 222 g/mol. The molecule has 6 heteroatoms. The zero-order valence-electron chi connectivity index (χ0n) is 9.68. The number of aromatic nitrogens is 2. The topological polar surface area (TPSA) is 75.3 Å². The first kappa shape index (κ1) is 11.6. The van der Waals surface area contributed by atoms with Crippen molar-refractivity contribution in [2.45, 2.75) is 12.8 Å². The molecule has 6 nitrogen and oxygen atoms in total. The molecule has 2 heterocycles. The number of ether oxygens (including phenoxy) is 1. The van der Waals surface area contributed by atoms with Crippen LogP contribution < -0.4 is 0 Å². The third kappa shape index (κ3) is 2.64. The van der Waals surface area contributed by atoms with Crippen LogP contribution in [0.25, 0.3) is 0 Å². The molecule has 1 aromatic rings. The summed E-state index contributed by atoms with van der Waals surface area (Å²) >= 11 is 0. The maximum absolute atomic E-state index is 11.7. The Kier molecular flexibility index (Phi) is 3.41. The molecule has 0 spiro atoms. The van der Waals surface area contributed by atoms with Crippen LogP contribution in [0.4, 0.5) is 0 Å². The van der Waals surface area contributed by atoms with Gasteiger partial charge in [0.1, 0.15) is 5.82 Å². The van der Waals surface area contributed by atoms with E-state index in [9.17, 15) is 9.59 Å². The molecule has 0 bridgehead atoms. The summed E-state index contributed by atoms with van der Waals surface area (Å²) in [5.41, 5.74) is 0. The second-order valence-electron chi connectivity index (χ2n) is 4.05. The molecule has 1 saturated heterocycles. The monoisotopic (exact) mass is 237 g/mol. The molecule has 1 fully saturated rings. The van der Waals surface area contributed by atoms with Crippen LogP contribution in [-0.4, -0.2) is 46.9 Å². The summed E-state index contributed by atoms with van der Waals surface area (Å²) in [5.74, 6) is 0.231. The third-order valence-corrected chi connectivity index (χ3v) is 2.92. The van der Waals surface area contributed by atoms with Crippen LogP contribution in [0.2, 0.25) is 0 Å². The number of imidazole rings is 1. The SMILES string of the molecule is COC(=O)C1CC(=O)N(CCc2ncc[nH]2)C1. The normalized spacial score (nSPS) is 19.7. The summed E-state index contributed by atoms with van der Waals surface area (Å²) in [6.45, 7) is 1.03. The van der Waals surface area contributed by atoms with Crippen molar-refractivity contribution in [3.05, 3.63) is 18.2 Å². The lowest BCUT2D eigenvalue weighted by Crippen LogP contribution is -2.28. The number of likely N-dealkylation sites (tertiary alicyclic amines) is 1. The van der Waals surface area contributed by atoms with Crippen molar-refractivity contribution in [3.8, 4) is 0 Å². The van der Waals surface area contributed by atoms with Crippen molar-refractivity contribution in [2.75, 3.05) is 20.2 Å². The molecule has 1 aliphatic heterocycles. The first-order chi connectivity index (χ1) is 8.20. The van der Waals surface area contributed by atoms with Gasteiger partial charge < -0.3 is 14.6 Å². The van der Waals surface area contributed by atoms with E-state index in [1.54, 1.807) is 17.3 Å². The minimum Gasteiger partial charge on any atom is -0.469 e. The van der Waals surface area contributed by atoms with Crippen molar-refractivity contribution in [3.63, 3.8) is 0 Å². The lowest BCUT2D eigenvalue weighted by molar-refractivity contribution is -0.145. The van der Waals surface area contributed by atoms with Gasteiger partial charge in [0.2, 0.25) is 5.91 Å². The molecule has 2 rings (SSSR count). The van der Waals surface area contributed by atoms with Crippen LogP contribution in [0.5, 0.6) is 0 Å². The Morgan fingerprint density at radius 1 is 1.71 bits per heavy atom. The molecule has 92 valence electrons. The molecule has 1 amide bonds. The zero-order valence-corrected chi connectivity index (χ0v) is 9.68. The predicted octanol–water partition coefficient (Wildman–Crippen LogP) is -0.0263. The summed E-state index contributed by atoms with van der Waals surface area (Å²) in [6.07, 6.45) is 4.36. The van der Waals surface area contributed by atoms with Gasteiger partial charge in [-0.05, 0) is 0 Å². The number of H-pyrrole nitrogens is 1. The van der Waals surface area contributed by atoms with Crippen LogP contribution in [0.15, 0.2) is 12.4 Å². The van der Waals surface area contributed by atoms with E-state index < -0.39 is 0 Å². The van der Waals surface area contributed by atoms with Crippen molar-refractivity contribution in [1.29, 1.82) is 0 Å². The third-order valence-electron chi connectivity index (χ3n) is 2.92. The van der Waals surface area contributed by atoms with Crippen molar-refractivity contribution in [1.82, 2.24) is 14.9 Å². The number of rotatable bonds is 4. The van der Waals surface area contributed by atoms with E-state index in [2.05, 4.69) is 14.7 Å². The number of esters is 1. The number of amides is 1. The second kappa shape index (κ2) is 4.99. The fraction of sp³-hybridized carbons (Fsp3) is 0.545. The lowest BCUT2D eigenvalue weighted by atomic mass is 10.1. The van der Waals surface area contributed by atoms with Crippen molar-refractivity contribution >= 4 is 11.9 Å². The number of carbonyl (C=O) groups excluding carboxylic acids is 2. The predicted molar refractivity (Wildman–Crippen MR) is 59.0 cm³/mol. The van der Waals surface area contributed by atoms with E-state index in [1.807, 2.05) is 0 Å². The molecule has 0 aliphatic carbocycles. The second-order valence-corrected chi connectivity index (χ2v) is 4.05. The number of hydrogen-bond donors (Lipinski definition) is 1. The summed E-state index contributed by atoms with van der Waals surface area (Å²) in [7, 11) is 1.35. The van der Waals surface area contributed by atoms with Crippen molar-refractivity contribution < 1.29 is 14.3 Å². The molecule has 0 aromatic carbocycles. The minimum absolute atomic E-state index is 0.00644. The molecule has 1 unspecified atom stereocenters. The smallest absolute Gasteiger partial charge is 0.310 e. The first-order valence-electron chi connectivity index (χ1n) is 5.54. The number of carbonyl (C=O) groups is 2. The largest absolute Gasteiger partial charge is 0.469 e. The standard InChI is InChI=1S/C11H15N3O3/c1-17-11(16)8-6-10(15)14(7-8)5-2-9-12-3-4-13-9/h3-4,8H,2,5-7H2,1H3,(H,12,13). The van der Waals surface area contributed by atoms with E-state index in [0.717, 1.165) is 5.82 Å². The van der Waals surface area contributed by atoms with Crippen LogP contribution in [0.3, 0.4) is 0 Å². The van der Waals surface area contributed by atoms with E-state index in [4.69, 9.17) is 0 Å². The Bertz CT molecular complexity index is 402. The Morgan fingerprint density at radius 3 is 3.18 bits per heavy atom. The fourth-order valence-electron chi connectivity index (χ4n) is 1.99. The quantitative estimate of drug-likeness (QED) is 0.746. The van der Waals surface area contributed by atoms with Gasteiger partial charge in [-0.3, -0.25) is 9.59 Å². The Balaban J connectivity index is 1.86. The Labute approximate surface area is 99.0 Å². The van der Waals surface area contributed by atoms with Crippen LogP contribution >= 0.6 is 0 Å². The van der Waals surface area contributed by atoms with Crippen LogP contribution in [-0.2, 0) is 20.7 Å². The maximum Gasteiger partial charge on any atom is 0.310 e. The summed E-state index contributed by atoms with van der Waals surface area (Å²) in [6, 6.07) is 0. The highest BCUT2D eigenvalue weighted by atomic mass is 16.5. The Morgan fingerprint density at radius 2 is 2.53 bits per heavy atom. The number of methoxy groups -OCH3 is 1. The summed E-state index contributed by atoms with van der Waals surface area (Å²) in [4.78, 5) is 31.7. The molecule has 17 heavy (non-hydrogen) atoms. The van der Waals surface area contributed by atoms with Gasteiger partial charge in [0.05, 0.1) is 13.0 Å². The van der Waals surface area contributed by atoms with Crippen LogP contribution in [0, 0.1) is 5.92 Å². The van der Waals surface area contributed by atoms with Crippen LogP contribution in [0.1, 0.15) is 12.2 Å². The van der Waals surface area contributed by atoms with Gasteiger partial charge in [0, 0.05) is 38.3 Å². The highest BCUT2D eigenvalue weighted by molar-refractivity contribution is 5.86. The highest BCUT2D eigenvalue weighted by Gasteiger charge is 2.34. The number of nitrogens with zero attached hydrogens (tertiary/aromatic N) is 2. The molecule has 0 saturated carbocycles. The Hall–Kier alpha value is -1.85. The molecule has 1 aliphatic rings. The molecule has 0 radical (unpaired) electrons. The van der Waals surface area contributed by atoms with Gasteiger partial charge in [0.15, 0.2) is 0 Å². The van der Waals surface area contributed by atoms with Crippen molar-refractivity contribution in [2.24, 2.45) is 5.92 Å². The van der Waals surface area contributed by atoms with E-state index >= 15 is 0 Å². The number of nitrogens with one attached hydrogen (secondary N) is 1. The van der Waals surface area contributed by atoms with Gasteiger partial charge in [-0.2, -0.15) is 0 Å². The summed E-state index contributed by atoms with van der Waals surface area (Å²) in [5, 5.41) is 0. The molecule has 1 aromatic heterocycles.